The van der Waals surface area contributed by atoms with E-state index in [1.165, 1.54) is 11.3 Å². The van der Waals surface area contributed by atoms with Crippen LogP contribution in [-0.4, -0.2) is 33.5 Å². The van der Waals surface area contributed by atoms with Crippen LogP contribution in [0.25, 0.3) is 10.9 Å². The molecule has 1 fully saturated rings. The molecular formula is C21H19N3O3S. The molecule has 2 aromatic heterocycles. The molecular weight excluding hydrogens is 374 g/mol. The van der Waals surface area contributed by atoms with E-state index < -0.39 is 5.79 Å². The first kappa shape index (κ1) is 17.6. The van der Waals surface area contributed by atoms with E-state index in [2.05, 4.69) is 16.8 Å². The lowest BCUT2D eigenvalue weighted by Crippen LogP contribution is -2.31. The highest BCUT2D eigenvalue weighted by Gasteiger charge is 2.38. The van der Waals surface area contributed by atoms with Gasteiger partial charge in [-0.2, -0.15) is 0 Å². The first-order valence-electron chi connectivity index (χ1n) is 9.37. The Hall–Kier alpha value is -2.53. The van der Waals surface area contributed by atoms with Crippen molar-refractivity contribution in [2.24, 2.45) is 0 Å². The normalized spacial score (nSPS) is 17.9. The van der Waals surface area contributed by atoms with Gasteiger partial charge in [0.05, 0.1) is 24.1 Å². The highest BCUT2D eigenvalue weighted by atomic mass is 32.1. The third-order valence-electron chi connectivity index (χ3n) is 5.23. The molecule has 0 radical (unpaired) electrons. The third kappa shape index (κ3) is 3.14. The molecule has 7 heteroatoms. The van der Waals surface area contributed by atoms with Crippen LogP contribution in [0.3, 0.4) is 0 Å². The Morgan fingerprint density at radius 2 is 2.04 bits per heavy atom. The number of nitrogens with zero attached hydrogens (tertiary/aromatic N) is 3. The minimum absolute atomic E-state index is 0.00916. The number of aromatic nitrogens is 3. The second-order valence-electron chi connectivity index (χ2n) is 7.12. The fourth-order valence-electron chi connectivity index (χ4n) is 3.80. The number of thiazole rings is 1. The van der Waals surface area contributed by atoms with Crippen LogP contribution < -0.4 is 5.56 Å². The van der Waals surface area contributed by atoms with Gasteiger partial charge in [0.25, 0.3) is 5.56 Å². The fraction of sp³-hybridized carbons (Fsp3) is 0.381. The van der Waals surface area contributed by atoms with Crippen molar-refractivity contribution in [3.8, 4) is 11.8 Å². The minimum Gasteiger partial charge on any atom is -0.347 e. The predicted molar refractivity (Wildman–Crippen MR) is 106 cm³/mol. The molecule has 0 unspecified atom stereocenters. The molecule has 5 rings (SSSR count). The van der Waals surface area contributed by atoms with Gasteiger partial charge in [0.2, 0.25) is 0 Å². The van der Waals surface area contributed by atoms with Gasteiger partial charge in [-0.3, -0.25) is 9.36 Å². The van der Waals surface area contributed by atoms with Crippen LogP contribution >= 0.6 is 11.3 Å². The minimum atomic E-state index is -0.561. The van der Waals surface area contributed by atoms with Crippen LogP contribution in [0.2, 0.25) is 0 Å². The molecule has 1 saturated heterocycles. The summed E-state index contributed by atoms with van der Waals surface area (Å²) in [5.41, 5.74) is 2.47. The van der Waals surface area contributed by atoms with E-state index in [0.29, 0.717) is 49.9 Å². The van der Waals surface area contributed by atoms with E-state index in [-0.39, 0.29) is 5.56 Å². The third-order valence-corrected chi connectivity index (χ3v) is 6.10. The first-order valence-corrected chi connectivity index (χ1v) is 10.3. The number of benzene rings is 1. The van der Waals surface area contributed by atoms with Gasteiger partial charge >= 0.3 is 0 Å². The van der Waals surface area contributed by atoms with E-state index >= 15 is 0 Å². The molecule has 0 amide bonds. The zero-order valence-corrected chi connectivity index (χ0v) is 16.3. The molecule has 3 aromatic rings. The molecule has 1 aromatic carbocycles. The molecule has 2 aliphatic heterocycles. The number of aryl methyl sites for hydroxylation is 2. The lowest BCUT2D eigenvalue weighted by Gasteiger charge is -2.24. The van der Waals surface area contributed by atoms with Crippen LogP contribution in [-0.2, 0) is 22.4 Å². The maximum absolute atomic E-state index is 13.0. The standard InChI is InChI=1S/C21H19N3O3S/c1-14-13-28-19(22-14)5-3-15-2-4-16-17(12-15)23-18-6-7-21(26-10-11-27-21)8-9-24(18)20(16)25/h2,4,12-13H,6-11H2,1H3. The maximum Gasteiger partial charge on any atom is 0.261 e. The molecule has 1 spiro atoms. The molecule has 6 nitrogen and oxygen atoms in total. The van der Waals surface area contributed by atoms with Crippen molar-refractivity contribution >= 4 is 22.2 Å². The molecule has 0 bridgehead atoms. The quantitative estimate of drug-likeness (QED) is 0.550. The highest BCUT2D eigenvalue weighted by Crippen LogP contribution is 2.31. The van der Waals surface area contributed by atoms with Crippen LogP contribution in [0.15, 0.2) is 28.4 Å². The van der Waals surface area contributed by atoms with E-state index in [0.717, 1.165) is 22.1 Å². The second kappa shape index (κ2) is 6.82. The summed E-state index contributed by atoms with van der Waals surface area (Å²) in [5.74, 6) is 6.43. The SMILES string of the molecule is Cc1csc(C#Cc2ccc3c(=O)n4c(nc3c2)CCC2(CC4)OCCO2)n1. The topological polar surface area (TPSA) is 66.2 Å². The summed E-state index contributed by atoms with van der Waals surface area (Å²) >= 11 is 1.53. The Morgan fingerprint density at radius 1 is 1.18 bits per heavy atom. The van der Waals surface area contributed by atoms with Crippen molar-refractivity contribution in [3.05, 3.63) is 56.0 Å². The monoisotopic (exact) mass is 393 g/mol. The van der Waals surface area contributed by atoms with E-state index in [9.17, 15) is 4.79 Å². The lowest BCUT2D eigenvalue weighted by molar-refractivity contribution is -0.165. The number of ether oxygens (including phenoxy) is 2. The maximum atomic E-state index is 13.0. The van der Waals surface area contributed by atoms with Gasteiger partial charge < -0.3 is 9.47 Å². The summed E-state index contributed by atoms with van der Waals surface area (Å²) in [6.07, 6.45) is 2.04. The van der Waals surface area contributed by atoms with Crippen LogP contribution in [0.1, 0.15) is 34.9 Å². The molecule has 142 valence electrons. The van der Waals surface area contributed by atoms with Crippen molar-refractivity contribution < 1.29 is 9.47 Å². The van der Waals surface area contributed by atoms with Crippen LogP contribution in [0.5, 0.6) is 0 Å². The van der Waals surface area contributed by atoms with Crippen molar-refractivity contribution in [2.75, 3.05) is 13.2 Å². The summed E-state index contributed by atoms with van der Waals surface area (Å²) in [6.45, 7) is 3.73. The fourth-order valence-corrected chi connectivity index (χ4v) is 4.44. The Morgan fingerprint density at radius 3 is 2.82 bits per heavy atom. The predicted octanol–water partition coefficient (Wildman–Crippen LogP) is 2.64. The van der Waals surface area contributed by atoms with Crippen LogP contribution in [0.4, 0.5) is 0 Å². The second-order valence-corrected chi connectivity index (χ2v) is 7.98. The summed E-state index contributed by atoms with van der Waals surface area (Å²) < 4.78 is 13.4. The van der Waals surface area contributed by atoms with Crippen LogP contribution in [0, 0.1) is 18.8 Å². The molecule has 0 aliphatic carbocycles. The Labute approximate surface area is 166 Å². The van der Waals surface area contributed by atoms with Crippen molar-refractivity contribution in [2.45, 2.75) is 38.5 Å². The summed E-state index contributed by atoms with van der Waals surface area (Å²) in [7, 11) is 0. The Balaban J connectivity index is 1.51. The molecule has 0 N–H and O–H groups in total. The van der Waals surface area contributed by atoms with Crippen molar-refractivity contribution in [1.29, 1.82) is 0 Å². The van der Waals surface area contributed by atoms with Gasteiger partial charge in [-0.25, -0.2) is 9.97 Å². The lowest BCUT2D eigenvalue weighted by atomic mass is 10.1. The smallest absolute Gasteiger partial charge is 0.261 e. The van der Waals surface area contributed by atoms with Gasteiger partial charge in [-0.05, 0) is 31.0 Å². The highest BCUT2D eigenvalue weighted by molar-refractivity contribution is 7.10. The van der Waals surface area contributed by atoms with Crippen molar-refractivity contribution in [3.63, 3.8) is 0 Å². The van der Waals surface area contributed by atoms with Gasteiger partial charge in [0, 0.05) is 42.4 Å². The molecule has 0 atom stereocenters. The van der Waals surface area contributed by atoms with E-state index in [4.69, 9.17) is 14.5 Å². The van der Waals surface area contributed by atoms with E-state index in [1.54, 1.807) is 4.57 Å². The largest absolute Gasteiger partial charge is 0.347 e. The molecule has 28 heavy (non-hydrogen) atoms. The average molecular weight is 393 g/mol. The first-order chi connectivity index (χ1) is 13.6. The van der Waals surface area contributed by atoms with E-state index in [1.807, 2.05) is 30.5 Å². The average Bonchev–Trinajstić information content (AvgIpc) is 3.28. The Bertz CT molecular complexity index is 1180. The van der Waals surface area contributed by atoms with Crippen molar-refractivity contribution in [1.82, 2.24) is 14.5 Å². The molecule has 2 aliphatic rings. The zero-order chi connectivity index (χ0) is 19.1. The summed E-state index contributed by atoms with van der Waals surface area (Å²) in [6, 6.07) is 5.57. The Kier molecular flexibility index (Phi) is 4.27. The summed E-state index contributed by atoms with van der Waals surface area (Å²) in [5, 5.41) is 3.38. The number of hydrogen-bond acceptors (Lipinski definition) is 6. The number of rotatable bonds is 0. The zero-order valence-electron chi connectivity index (χ0n) is 15.5. The van der Waals surface area contributed by atoms with Gasteiger partial charge in [-0.1, -0.05) is 5.92 Å². The summed E-state index contributed by atoms with van der Waals surface area (Å²) in [4.78, 5) is 22.2. The van der Waals surface area contributed by atoms with Gasteiger partial charge in [-0.15, -0.1) is 11.3 Å². The van der Waals surface area contributed by atoms with Gasteiger partial charge in [0.15, 0.2) is 10.8 Å². The van der Waals surface area contributed by atoms with Gasteiger partial charge in [0.1, 0.15) is 5.82 Å². The number of hydrogen-bond donors (Lipinski definition) is 0. The number of fused-ring (bicyclic) bond motifs is 2. The molecule has 4 heterocycles. The molecule has 0 saturated carbocycles.